The fraction of sp³-hybridized carbons (Fsp3) is 0.857. The lowest BCUT2D eigenvalue weighted by molar-refractivity contribution is -0.154. The molecule has 0 bridgehead atoms. The van der Waals surface area contributed by atoms with Gasteiger partial charge in [-0.1, -0.05) is 130 Å². The predicted octanol–water partition coefficient (Wildman–Crippen LogP) is 11.0. The summed E-state index contributed by atoms with van der Waals surface area (Å²) in [4.78, 5) is 29.7. The van der Waals surface area contributed by atoms with Gasteiger partial charge in [0.05, 0.1) is 12.3 Å². The number of thioether (sulfide) groups is 1. The Kier molecular flexibility index (Phi) is 36.9. The van der Waals surface area contributed by atoms with Gasteiger partial charge in [-0.25, -0.2) is 0 Å². The van der Waals surface area contributed by atoms with Crippen molar-refractivity contribution < 1.29 is 19.1 Å². The maximum Gasteiger partial charge on any atom is 0.309 e. The minimum Gasteiger partial charge on any atom is -0.462 e. The van der Waals surface area contributed by atoms with Crippen molar-refractivity contribution in [3.63, 3.8) is 0 Å². The van der Waals surface area contributed by atoms with Crippen molar-refractivity contribution in [1.29, 1.82) is 0 Å². The van der Waals surface area contributed by atoms with E-state index in [4.69, 9.17) is 9.47 Å². The Morgan fingerprint density at radius 1 is 0.592 bits per heavy atom. The molecule has 6 nitrogen and oxygen atoms in total. The Labute approximate surface area is 309 Å². The lowest BCUT2D eigenvalue weighted by Gasteiger charge is -2.24. The molecular weight excluding hydrogens is 629 g/mol. The van der Waals surface area contributed by atoms with Crippen LogP contribution in [-0.2, 0) is 19.1 Å². The lowest BCUT2D eigenvalue weighted by Crippen LogP contribution is -2.32. The first-order valence-corrected chi connectivity index (χ1v) is 21.8. The summed E-state index contributed by atoms with van der Waals surface area (Å²) in [7, 11) is 0. The maximum absolute atomic E-state index is 12.5. The SMILES string of the molecule is CCCCC/C=C\C/C=C\CCCCCCCCCN(CCCN(CC)CC)CCC(=O)OCCOC(=O)C(C)CSCCCCCCC. The van der Waals surface area contributed by atoms with Gasteiger partial charge >= 0.3 is 11.9 Å². The van der Waals surface area contributed by atoms with Crippen LogP contribution in [0.4, 0.5) is 0 Å². The maximum atomic E-state index is 12.5. The number of carbonyl (C=O) groups is 2. The van der Waals surface area contributed by atoms with E-state index in [9.17, 15) is 9.59 Å². The van der Waals surface area contributed by atoms with Crippen molar-refractivity contribution in [1.82, 2.24) is 9.80 Å². The van der Waals surface area contributed by atoms with Crippen LogP contribution >= 0.6 is 11.8 Å². The number of allylic oxidation sites excluding steroid dienone is 4. The molecule has 0 amide bonds. The molecular formula is C42H80N2O4S. The van der Waals surface area contributed by atoms with Crippen molar-refractivity contribution in [2.24, 2.45) is 5.92 Å². The van der Waals surface area contributed by atoms with E-state index in [-0.39, 0.29) is 31.1 Å². The molecule has 0 saturated carbocycles. The highest BCUT2D eigenvalue weighted by Crippen LogP contribution is 2.14. The average Bonchev–Trinajstić information content (AvgIpc) is 3.11. The average molecular weight is 709 g/mol. The van der Waals surface area contributed by atoms with Gasteiger partial charge < -0.3 is 19.3 Å². The number of hydrogen-bond acceptors (Lipinski definition) is 7. The third-order valence-electron chi connectivity index (χ3n) is 9.15. The van der Waals surface area contributed by atoms with E-state index in [0.717, 1.165) is 63.6 Å². The van der Waals surface area contributed by atoms with Crippen LogP contribution in [0.2, 0.25) is 0 Å². The number of esters is 2. The van der Waals surface area contributed by atoms with Gasteiger partial charge in [0.1, 0.15) is 13.2 Å². The Morgan fingerprint density at radius 3 is 1.80 bits per heavy atom. The molecule has 0 aromatic heterocycles. The summed E-state index contributed by atoms with van der Waals surface area (Å²) < 4.78 is 10.8. The first kappa shape index (κ1) is 47.7. The molecule has 1 atom stereocenters. The second-order valence-corrected chi connectivity index (χ2v) is 14.8. The molecule has 49 heavy (non-hydrogen) atoms. The molecule has 0 aromatic carbocycles. The van der Waals surface area contributed by atoms with Gasteiger partial charge in [0.15, 0.2) is 0 Å². The molecule has 0 rings (SSSR count). The molecule has 0 aliphatic rings. The van der Waals surface area contributed by atoms with Crippen LogP contribution < -0.4 is 0 Å². The Bertz CT molecular complexity index is 787. The van der Waals surface area contributed by atoms with E-state index < -0.39 is 0 Å². The van der Waals surface area contributed by atoms with Crippen molar-refractivity contribution in [2.45, 2.75) is 163 Å². The minimum absolute atomic E-state index is 0.133. The number of ether oxygens (including phenoxy) is 2. The zero-order valence-electron chi connectivity index (χ0n) is 33.0. The Hall–Kier alpha value is -1.31. The summed E-state index contributed by atoms with van der Waals surface area (Å²) >= 11 is 1.83. The quantitative estimate of drug-likeness (QED) is 0.0362. The number of nitrogens with zero attached hydrogens (tertiary/aromatic N) is 2. The third kappa shape index (κ3) is 33.6. The molecule has 0 aliphatic heterocycles. The zero-order chi connectivity index (χ0) is 36.0. The van der Waals surface area contributed by atoms with Crippen LogP contribution in [0.25, 0.3) is 0 Å². The summed E-state index contributed by atoms with van der Waals surface area (Å²) in [5, 5.41) is 0. The molecule has 1 unspecified atom stereocenters. The van der Waals surface area contributed by atoms with E-state index >= 15 is 0 Å². The molecule has 0 spiro atoms. The van der Waals surface area contributed by atoms with Crippen LogP contribution in [0, 0.1) is 5.92 Å². The molecule has 7 heteroatoms. The number of rotatable bonds is 37. The van der Waals surface area contributed by atoms with E-state index in [1.54, 1.807) is 0 Å². The summed E-state index contributed by atoms with van der Waals surface area (Å²) in [5.41, 5.74) is 0. The monoisotopic (exact) mass is 709 g/mol. The van der Waals surface area contributed by atoms with Crippen LogP contribution in [0.15, 0.2) is 24.3 Å². The summed E-state index contributed by atoms with van der Waals surface area (Å²) in [6.07, 6.45) is 33.7. The molecule has 0 fully saturated rings. The van der Waals surface area contributed by atoms with Gasteiger partial charge in [0.2, 0.25) is 0 Å². The lowest BCUT2D eigenvalue weighted by atomic mass is 10.1. The molecule has 0 aromatic rings. The van der Waals surface area contributed by atoms with Crippen LogP contribution in [0.5, 0.6) is 0 Å². The minimum atomic E-state index is -0.204. The zero-order valence-corrected chi connectivity index (χ0v) is 33.9. The van der Waals surface area contributed by atoms with Crippen molar-refractivity contribution in [3.8, 4) is 0 Å². The summed E-state index contributed by atoms with van der Waals surface area (Å²) in [5.74, 6) is 1.35. The third-order valence-corrected chi connectivity index (χ3v) is 10.5. The van der Waals surface area contributed by atoms with Crippen molar-refractivity contribution in [3.05, 3.63) is 24.3 Å². The number of unbranched alkanes of at least 4 members (excludes halogenated alkanes) is 14. The first-order valence-electron chi connectivity index (χ1n) is 20.6. The predicted molar refractivity (Wildman–Crippen MR) is 215 cm³/mol. The van der Waals surface area contributed by atoms with Gasteiger partial charge in [0, 0.05) is 12.3 Å². The number of hydrogen-bond donors (Lipinski definition) is 0. The standard InChI is InChI=1S/C42H80N2O4S/c1-6-10-12-14-15-16-17-18-19-20-21-22-23-24-25-26-28-32-44(34-30-33-43(8-3)9-4)35-31-41(45)47-36-37-48-42(46)40(5)39-49-38-29-27-13-11-7-2/h15-16,18-19,40H,6-14,17,20-39H2,1-5H3/b16-15-,19-18-. The van der Waals surface area contributed by atoms with Gasteiger partial charge in [-0.05, 0) is 89.8 Å². The number of carbonyl (C=O) groups excluding carboxylic acids is 2. The van der Waals surface area contributed by atoms with E-state index in [0.29, 0.717) is 6.42 Å². The fourth-order valence-corrected chi connectivity index (χ4v) is 6.86. The van der Waals surface area contributed by atoms with Gasteiger partial charge in [0.25, 0.3) is 0 Å². The smallest absolute Gasteiger partial charge is 0.309 e. The normalized spacial score (nSPS) is 12.6. The first-order chi connectivity index (χ1) is 24.0. The fourth-order valence-electron chi connectivity index (χ4n) is 5.79. The molecule has 0 aliphatic carbocycles. The Balaban J connectivity index is 4.14. The van der Waals surface area contributed by atoms with E-state index in [1.807, 2.05) is 18.7 Å². The highest BCUT2D eigenvalue weighted by atomic mass is 32.2. The van der Waals surface area contributed by atoms with E-state index in [1.165, 1.54) is 109 Å². The molecule has 0 radical (unpaired) electrons. The highest BCUT2D eigenvalue weighted by Gasteiger charge is 2.15. The second kappa shape index (κ2) is 37.9. The highest BCUT2D eigenvalue weighted by molar-refractivity contribution is 7.99. The molecule has 288 valence electrons. The van der Waals surface area contributed by atoms with Gasteiger partial charge in [-0.15, -0.1) is 0 Å². The summed E-state index contributed by atoms with van der Waals surface area (Å²) in [6, 6.07) is 0. The topological polar surface area (TPSA) is 59.1 Å². The van der Waals surface area contributed by atoms with Crippen LogP contribution in [0.3, 0.4) is 0 Å². The summed E-state index contributed by atoms with van der Waals surface area (Å²) in [6.45, 7) is 17.2. The van der Waals surface area contributed by atoms with Crippen LogP contribution in [-0.4, -0.2) is 85.7 Å². The van der Waals surface area contributed by atoms with Crippen molar-refractivity contribution >= 4 is 23.7 Å². The second-order valence-electron chi connectivity index (χ2n) is 13.7. The molecule has 0 saturated heterocycles. The van der Waals surface area contributed by atoms with Gasteiger partial charge in [-0.2, -0.15) is 11.8 Å². The molecule has 0 N–H and O–H groups in total. The Morgan fingerprint density at radius 2 is 1.12 bits per heavy atom. The van der Waals surface area contributed by atoms with Crippen molar-refractivity contribution in [2.75, 3.05) is 64.0 Å². The van der Waals surface area contributed by atoms with E-state index in [2.05, 4.69) is 61.8 Å². The van der Waals surface area contributed by atoms with Gasteiger partial charge in [-0.3, -0.25) is 9.59 Å². The molecule has 0 heterocycles. The van der Waals surface area contributed by atoms with Crippen LogP contribution in [0.1, 0.15) is 163 Å². The largest absolute Gasteiger partial charge is 0.462 e.